The largest absolute Gasteiger partial charge is 0.308 e. The molecule has 1 aromatic heterocycles. The van der Waals surface area contributed by atoms with E-state index in [-0.39, 0.29) is 18.3 Å². The second-order valence-corrected chi connectivity index (χ2v) is 8.74. The number of benzene rings is 2. The maximum atomic E-state index is 13.4. The van der Waals surface area contributed by atoms with Crippen molar-refractivity contribution < 1.29 is 4.79 Å². The summed E-state index contributed by atoms with van der Waals surface area (Å²) in [7, 11) is 4.00. The van der Waals surface area contributed by atoms with E-state index < -0.39 is 0 Å². The lowest BCUT2D eigenvalue weighted by Crippen LogP contribution is -2.37. The smallest absolute Gasteiger partial charge is 0.261 e. The molecule has 3 rings (SSSR count). The number of halogens is 2. The fourth-order valence-corrected chi connectivity index (χ4v) is 4.55. The maximum Gasteiger partial charge on any atom is 0.261 e. The Bertz CT molecular complexity index is 975. The number of nitrogens with zero attached hydrogens (tertiary/aromatic N) is 3. The van der Waals surface area contributed by atoms with Gasteiger partial charge in [-0.25, -0.2) is 4.98 Å². The van der Waals surface area contributed by atoms with Crippen molar-refractivity contribution in [3.8, 4) is 0 Å². The van der Waals surface area contributed by atoms with Gasteiger partial charge in [-0.2, -0.15) is 0 Å². The highest BCUT2D eigenvalue weighted by Crippen LogP contribution is 2.34. The molecule has 0 atom stereocenters. The van der Waals surface area contributed by atoms with Gasteiger partial charge in [0, 0.05) is 23.0 Å². The summed E-state index contributed by atoms with van der Waals surface area (Å²) in [6, 6.07) is 11.6. The number of thioether (sulfide) groups is 1. The van der Waals surface area contributed by atoms with Crippen LogP contribution in [0, 0.1) is 6.92 Å². The van der Waals surface area contributed by atoms with Crippen LogP contribution in [-0.4, -0.2) is 49.2 Å². The van der Waals surface area contributed by atoms with E-state index in [1.807, 2.05) is 63.7 Å². The van der Waals surface area contributed by atoms with Crippen LogP contribution in [0.25, 0.3) is 10.2 Å². The summed E-state index contributed by atoms with van der Waals surface area (Å²) in [5.41, 5.74) is 2.52. The molecular weight excluding hydrogens is 433 g/mol. The summed E-state index contributed by atoms with van der Waals surface area (Å²) in [6.07, 6.45) is 1.99. The lowest BCUT2D eigenvalue weighted by atomic mass is 10.2. The average Bonchev–Trinajstić information content (AvgIpc) is 3.09. The molecule has 1 amide bonds. The van der Waals surface area contributed by atoms with Gasteiger partial charge in [-0.05, 0) is 57.1 Å². The van der Waals surface area contributed by atoms with Gasteiger partial charge in [0.05, 0.1) is 15.8 Å². The molecule has 4 nitrogen and oxygen atoms in total. The molecule has 28 heavy (non-hydrogen) atoms. The van der Waals surface area contributed by atoms with E-state index in [4.69, 9.17) is 16.6 Å². The molecule has 0 radical (unpaired) electrons. The van der Waals surface area contributed by atoms with Gasteiger partial charge in [-0.3, -0.25) is 9.69 Å². The fraction of sp³-hybridized carbons (Fsp3) is 0.300. The molecule has 0 aliphatic rings. The van der Waals surface area contributed by atoms with Crippen molar-refractivity contribution in [3.63, 3.8) is 0 Å². The van der Waals surface area contributed by atoms with Crippen molar-refractivity contribution in [3.05, 3.63) is 52.5 Å². The number of anilines is 1. The second kappa shape index (κ2) is 9.94. The van der Waals surface area contributed by atoms with E-state index in [2.05, 4.69) is 4.90 Å². The number of hydrogen-bond acceptors (Lipinski definition) is 5. The summed E-state index contributed by atoms with van der Waals surface area (Å²) in [5, 5.41) is 1.40. The number of hydrogen-bond donors (Lipinski definition) is 0. The van der Waals surface area contributed by atoms with Gasteiger partial charge in [-0.15, -0.1) is 24.2 Å². The summed E-state index contributed by atoms with van der Waals surface area (Å²) in [6.45, 7) is 3.28. The molecule has 0 saturated carbocycles. The number of rotatable bonds is 6. The van der Waals surface area contributed by atoms with Gasteiger partial charge in [0.25, 0.3) is 5.91 Å². The van der Waals surface area contributed by atoms with E-state index in [1.54, 1.807) is 16.7 Å². The van der Waals surface area contributed by atoms with Gasteiger partial charge in [0.2, 0.25) is 0 Å². The summed E-state index contributed by atoms with van der Waals surface area (Å²) >= 11 is 9.36. The number of thiazole rings is 1. The first-order valence-electron chi connectivity index (χ1n) is 8.57. The maximum absolute atomic E-state index is 13.4. The minimum Gasteiger partial charge on any atom is -0.308 e. The molecule has 8 heteroatoms. The molecule has 150 valence electrons. The molecule has 0 spiro atoms. The van der Waals surface area contributed by atoms with Crippen LogP contribution in [-0.2, 0) is 0 Å². The van der Waals surface area contributed by atoms with Gasteiger partial charge in [-0.1, -0.05) is 35.1 Å². The molecule has 2 aromatic carbocycles. The Labute approximate surface area is 185 Å². The predicted molar refractivity (Wildman–Crippen MR) is 125 cm³/mol. The minimum atomic E-state index is -0.0235. The highest BCUT2D eigenvalue weighted by molar-refractivity contribution is 7.98. The third-order valence-corrected chi connectivity index (χ3v) is 6.57. The zero-order valence-electron chi connectivity index (χ0n) is 16.2. The molecule has 0 fully saturated rings. The zero-order chi connectivity index (χ0) is 19.6. The molecule has 0 aliphatic heterocycles. The van der Waals surface area contributed by atoms with Crippen LogP contribution in [0.1, 0.15) is 15.9 Å². The Morgan fingerprint density at radius 2 is 1.89 bits per heavy atom. The third kappa shape index (κ3) is 4.81. The van der Waals surface area contributed by atoms with Crippen LogP contribution in [0.5, 0.6) is 0 Å². The monoisotopic (exact) mass is 455 g/mol. The number of aromatic nitrogens is 1. The highest BCUT2D eigenvalue weighted by Gasteiger charge is 2.23. The topological polar surface area (TPSA) is 36.4 Å². The number of carbonyl (C=O) groups is 1. The minimum absolute atomic E-state index is 0. The highest BCUT2D eigenvalue weighted by atomic mass is 35.5. The summed E-state index contributed by atoms with van der Waals surface area (Å²) < 4.78 is 1.03. The quantitative estimate of drug-likeness (QED) is 0.452. The van der Waals surface area contributed by atoms with E-state index >= 15 is 0 Å². The molecule has 3 aromatic rings. The Balaban J connectivity index is 0.00000280. The average molecular weight is 456 g/mol. The van der Waals surface area contributed by atoms with Crippen molar-refractivity contribution in [2.75, 3.05) is 38.3 Å². The van der Waals surface area contributed by atoms with Crippen LogP contribution < -0.4 is 4.90 Å². The van der Waals surface area contributed by atoms with Crippen LogP contribution in [0.4, 0.5) is 5.13 Å². The Hall–Kier alpha value is -1.31. The normalized spacial score (nSPS) is 10.9. The Morgan fingerprint density at radius 1 is 1.18 bits per heavy atom. The predicted octanol–water partition coefficient (Wildman–Crippen LogP) is 5.61. The number of aryl methyl sites for hydroxylation is 1. The molecule has 0 bridgehead atoms. The molecule has 1 heterocycles. The molecule has 0 unspecified atom stereocenters. The van der Waals surface area contributed by atoms with Crippen molar-refractivity contribution in [1.82, 2.24) is 9.88 Å². The first-order chi connectivity index (χ1) is 12.9. The number of amides is 1. The SMILES string of the molecule is CSc1ccccc1C(=O)N(CCN(C)C)c1nc2c(C)c(Cl)ccc2s1.Cl. The van der Waals surface area contributed by atoms with Crippen molar-refractivity contribution in [2.45, 2.75) is 11.8 Å². The Kier molecular flexibility index (Phi) is 8.16. The first-order valence-corrected chi connectivity index (χ1v) is 11.0. The van der Waals surface area contributed by atoms with E-state index in [0.29, 0.717) is 22.3 Å². The molecule has 0 saturated heterocycles. The van der Waals surface area contributed by atoms with Crippen LogP contribution >= 0.6 is 47.1 Å². The van der Waals surface area contributed by atoms with Gasteiger partial charge in [0.1, 0.15) is 0 Å². The standard InChI is InChI=1S/C20H22ClN3OS2.ClH/c1-13-15(21)9-10-17-18(13)22-20(27-17)24(12-11-23(2)3)19(25)14-7-5-6-8-16(14)26-4;/h5-10H,11-12H2,1-4H3;1H. The first kappa shape index (κ1) is 23.0. The summed E-state index contributed by atoms with van der Waals surface area (Å²) in [5.74, 6) is -0.0235. The second-order valence-electron chi connectivity index (χ2n) is 6.48. The van der Waals surface area contributed by atoms with Crippen molar-refractivity contribution in [1.29, 1.82) is 0 Å². The van der Waals surface area contributed by atoms with Gasteiger partial charge >= 0.3 is 0 Å². The van der Waals surface area contributed by atoms with E-state index in [1.165, 1.54) is 11.3 Å². The van der Waals surface area contributed by atoms with Crippen LogP contribution in [0.3, 0.4) is 0 Å². The molecule has 0 N–H and O–H groups in total. The number of fused-ring (bicyclic) bond motifs is 1. The third-order valence-electron chi connectivity index (χ3n) is 4.32. The molecule has 0 aliphatic carbocycles. The van der Waals surface area contributed by atoms with Gasteiger partial charge < -0.3 is 4.90 Å². The van der Waals surface area contributed by atoms with Crippen molar-refractivity contribution in [2.24, 2.45) is 0 Å². The number of carbonyl (C=O) groups excluding carboxylic acids is 1. The van der Waals surface area contributed by atoms with Crippen LogP contribution in [0.15, 0.2) is 41.3 Å². The number of likely N-dealkylation sites (N-methyl/N-ethyl adjacent to an activating group) is 1. The Morgan fingerprint density at radius 3 is 2.57 bits per heavy atom. The summed E-state index contributed by atoms with van der Waals surface area (Å²) in [4.78, 5) is 23.0. The lowest BCUT2D eigenvalue weighted by Gasteiger charge is -2.22. The van der Waals surface area contributed by atoms with Crippen LogP contribution in [0.2, 0.25) is 5.02 Å². The van der Waals surface area contributed by atoms with Gasteiger partial charge in [0.15, 0.2) is 5.13 Å². The lowest BCUT2D eigenvalue weighted by molar-refractivity contribution is 0.0982. The fourth-order valence-electron chi connectivity index (χ4n) is 2.76. The zero-order valence-corrected chi connectivity index (χ0v) is 19.4. The van der Waals surface area contributed by atoms with Crippen molar-refractivity contribution >= 4 is 68.4 Å². The van der Waals surface area contributed by atoms with E-state index in [9.17, 15) is 4.79 Å². The van der Waals surface area contributed by atoms with E-state index in [0.717, 1.165) is 27.2 Å². The molecular formula is C20H23Cl2N3OS2.